The molecule has 13 rings (SSSR count). The van der Waals surface area contributed by atoms with E-state index in [0.717, 1.165) is 101 Å². The second-order valence-electron chi connectivity index (χ2n) is 18.6. The fraction of sp³-hybridized carbons (Fsp3) is 0. The first-order valence-corrected chi connectivity index (χ1v) is 25.1. The second-order valence-corrected chi connectivity index (χ2v) is 18.6. The number of benzene rings is 12. The van der Waals surface area contributed by atoms with Gasteiger partial charge in [-0.1, -0.05) is 200 Å². The number of rotatable bonds is 12. The van der Waals surface area contributed by atoms with E-state index in [-0.39, 0.29) is 0 Å². The van der Waals surface area contributed by atoms with Crippen LogP contribution in [0.25, 0.3) is 66.1 Å². The van der Waals surface area contributed by atoms with E-state index in [1.54, 1.807) is 0 Å². The Morgan fingerprint density at radius 1 is 0.216 bits per heavy atom. The van der Waals surface area contributed by atoms with Crippen LogP contribution >= 0.6 is 0 Å². The molecule has 0 aliphatic carbocycles. The summed E-state index contributed by atoms with van der Waals surface area (Å²) in [5.41, 5.74) is 17.8. The van der Waals surface area contributed by atoms with Gasteiger partial charge in [-0.3, -0.25) is 0 Å². The molecule has 0 saturated heterocycles. The molecule has 1 aromatic heterocycles. The molecule has 0 fully saturated rings. The summed E-state index contributed by atoms with van der Waals surface area (Å²) in [7, 11) is 0. The van der Waals surface area contributed by atoms with Crippen LogP contribution in [0.4, 0.5) is 51.2 Å². The number of fused-ring (bicyclic) bond motifs is 4. The molecule has 350 valence electrons. The van der Waals surface area contributed by atoms with Crippen molar-refractivity contribution in [1.82, 2.24) is 0 Å². The molecule has 0 radical (unpaired) electrons. The highest BCUT2D eigenvalue weighted by Gasteiger charge is 2.23. The van der Waals surface area contributed by atoms with Crippen LogP contribution in [0, 0.1) is 0 Å². The van der Waals surface area contributed by atoms with Gasteiger partial charge >= 0.3 is 0 Å². The molecular weight excluding hydrogens is 899 g/mol. The Morgan fingerprint density at radius 2 is 0.595 bits per heavy atom. The maximum Gasteiger partial charge on any atom is 0.143 e. The van der Waals surface area contributed by atoms with Crippen LogP contribution in [0.2, 0.25) is 0 Å². The minimum Gasteiger partial charge on any atom is -0.455 e. The molecule has 0 unspecified atom stereocenters. The van der Waals surface area contributed by atoms with Crippen molar-refractivity contribution in [3.8, 4) is 33.4 Å². The van der Waals surface area contributed by atoms with Crippen molar-refractivity contribution in [3.05, 3.63) is 297 Å². The first kappa shape index (κ1) is 44.1. The predicted molar refractivity (Wildman–Crippen MR) is 312 cm³/mol. The highest BCUT2D eigenvalue weighted by Crippen LogP contribution is 2.47. The lowest BCUT2D eigenvalue weighted by atomic mass is 10.0. The molecule has 0 amide bonds. The molecule has 0 aliphatic rings. The van der Waals surface area contributed by atoms with E-state index in [1.807, 2.05) is 12.1 Å². The SMILES string of the molecule is c1ccc(-c2ccc(N(c3ccccc3)c3cc(N(c4ccccc4)c4ccc(-c5ccccc5)cc4)cc(N(c4ccc(-c5cccc6c5oc5ccccc56)cc4)c4ccc5ccccc5c4)c3)cc2)cc1. The number of hydrogen-bond acceptors (Lipinski definition) is 4. The van der Waals surface area contributed by atoms with E-state index in [4.69, 9.17) is 4.42 Å². The normalized spacial score (nSPS) is 11.2. The second kappa shape index (κ2) is 19.4. The van der Waals surface area contributed by atoms with Gasteiger partial charge in [-0.15, -0.1) is 0 Å². The van der Waals surface area contributed by atoms with E-state index in [1.165, 1.54) is 16.5 Å². The average molecular weight is 948 g/mol. The maximum atomic E-state index is 6.55. The van der Waals surface area contributed by atoms with Gasteiger partial charge in [-0.2, -0.15) is 0 Å². The molecule has 4 heteroatoms. The Labute approximate surface area is 431 Å². The minimum absolute atomic E-state index is 0.887. The molecule has 0 spiro atoms. The predicted octanol–water partition coefficient (Wildman–Crippen LogP) is 20.1. The van der Waals surface area contributed by atoms with Crippen molar-refractivity contribution in [2.24, 2.45) is 0 Å². The largest absolute Gasteiger partial charge is 0.455 e. The Balaban J connectivity index is 1.03. The lowest BCUT2D eigenvalue weighted by Crippen LogP contribution is -2.16. The standard InChI is InChI=1S/C70H49N3O/c1-5-18-50(19-6-1)53-32-39-59(40-33-53)71(57-24-9-3-10-25-57)63-47-64(72(58-26-11-4-12-27-58)60-41-34-54(35-42-60)51-20-7-2-8-21-51)49-65(48-63)73(62-45-36-52-22-13-14-23-56(52)46-62)61-43-37-55(38-44-61)66-29-17-30-68-67-28-15-16-31-69(67)74-70(66)68/h1-49H. The van der Waals surface area contributed by atoms with E-state index in [0.29, 0.717) is 0 Å². The van der Waals surface area contributed by atoms with Crippen molar-refractivity contribution in [2.45, 2.75) is 0 Å². The molecule has 13 aromatic rings. The first-order chi connectivity index (χ1) is 36.7. The number of hydrogen-bond donors (Lipinski definition) is 0. The van der Waals surface area contributed by atoms with E-state index >= 15 is 0 Å². The summed E-state index contributed by atoms with van der Waals surface area (Å²) in [4.78, 5) is 7.15. The minimum atomic E-state index is 0.887. The fourth-order valence-corrected chi connectivity index (χ4v) is 10.4. The molecule has 0 N–H and O–H groups in total. The Morgan fingerprint density at radius 3 is 1.12 bits per heavy atom. The molecule has 0 bridgehead atoms. The highest BCUT2D eigenvalue weighted by molar-refractivity contribution is 6.09. The van der Waals surface area contributed by atoms with E-state index in [2.05, 4.69) is 300 Å². The molecule has 0 saturated carbocycles. The van der Waals surface area contributed by atoms with Crippen LogP contribution in [0.1, 0.15) is 0 Å². The van der Waals surface area contributed by atoms with Crippen LogP contribution in [-0.4, -0.2) is 0 Å². The zero-order chi connectivity index (χ0) is 49.2. The maximum absolute atomic E-state index is 6.55. The molecule has 12 aromatic carbocycles. The summed E-state index contributed by atoms with van der Waals surface area (Å²) in [5.74, 6) is 0. The van der Waals surface area contributed by atoms with Crippen LogP contribution in [0.3, 0.4) is 0 Å². The number of para-hydroxylation sites is 4. The van der Waals surface area contributed by atoms with Gasteiger partial charge < -0.3 is 19.1 Å². The summed E-state index contributed by atoms with van der Waals surface area (Å²) in [6.07, 6.45) is 0. The quantitative estimate of drug-likeness (QED) is 0.122. The monoisotopic (exact) mass is 947 g/mol. The average Bonchev–Trinajstić information content (AvgIpc) is 3.86. The molecule has 0 atom stereocenters. The van der Waals surface area contributed by atoms with Gasteiger partial charge in [0.25, 0.3) is 0 Å². The third-order valence-corrected chi connectivity index (χ3v) is 14.0. The van der Waals surface area contributed by atoms with Crippen LogP contribution in [-0.2, 0) is 0 Å². The summed E-state index contributed by atoms with van der Waals surface area (Å²) in [6, 6.07) is 106. The summed E-state index contributed by atoms with van der Waals surface area (Å²) in [5, 5.41) is 4.57. The van der Waals surface area contributed by atoms with Crippen LogP contribution in [0.15, 0.2) is 302 Å². The number of nitrogens with zero attached hydrogens (tertiary/aromatic N) is 3. The molecule has 1 heterocycles. The smallest absolute Gasteiger partial charge is 0.143 e. The highest BCUT2D eigenvalue weighted by atomic mass is 16.3. The Kier molecular flexibility index (Phi) is 11.5. The van der Waals surface area contributed by atoms with Crippen LogP contribution < -0.4 is 14.7 Å². The van der Waals surface area contributed by atoms with Gasteiger partial charge in [0.15, 0.2) is 0 Å². The zero-order valence-corrected chi connectivity index (χ0v) is 40.5. The lowest BCUT2D eigenvalue weighted by Gasteiger charge is -2.33. The molecule has 74 heavy (non-hydrogen) atoms. The molecule has 0 aliphatic heterocycles. The van der Waals surface area contributed by atoms with Crippen molar-refractivity contribution < 1.29 is 4.42 Å². The van der Waals surface area contributed by atoms with Crippen molar-refractivity contribution in [2.75, 3.05) is 14.7 Å². The van der Waals surface area contributed by atoms with E-state index < -0.39 is 0 Å². The summed E-state index contributed by atoms with van der Waals surface area (Å²) in [6.45, 7) is 0. The fourth-order valence-electron chi connectivity index (χ4n) is 10.4. The van der Waals surface area contributed by atoms with Gasteiger partial charge in [-0.25, -0.2) is 0 Å². The molecule has 4 nitrogen and oxygen atoms in total. The van der Waals surface area contributed by atoms with Gasteiger partial charge in [0.05, 0.1) is 17.1 Å². The van der Waals surface area contributed by atoms with Gasteiger partial charge in [0, 0.05) is 50.5 Å². The van der Waals surface area contributed by atoms with Gasteiger partial charge in [0.1, 0.15) is 11.2 Å². The number of furan rings is 1. The Bertz CT molecular complexity index is 3900. The van der Waals surface area contributed by atoms with Crippen molar-refractivity contribution >= 4 is 83.9 Å². The van der Waals surface area contributed by atoms with Crippen LogP contribution in [0.5, 0.6) is 0 Å². The van der Waals surface area contributed by atoms with E-state index in [9.17, 15) is 0 Å². The van der Waals surface area contributed by atoms with Crippen molar-refractivity contribution in [1.29, 1.82) is 0 Å². The van der Waals surface area contributed by atoms with Gasteiger partial charge in [-0.05, 0) is 136 Å². The summed E-state index contributed by atoms with van der Waals surface area (Å²) < 4.78 is 6.55. The summed E-state index contributed by atoms with van der Waals surface area (Å²) >= 11 is 0. The lowest BCUT2D eigenvalue weighted by molar-refractivity contribution is 0.670. The molecular formula is C70H49N3O. The van der Waals surface area contributed by atoms with Crippen molar-refractivity contribution in [3.63, 3.8) is 0 Å². The third kappa shape index (κ3) is 8.51. The van der Waals surface area contributed by atoms with Gasteiger partial charge in [0.2, 0.25) is 0 Å². The third-order valence-electron chi connectivity index (χ3n) is 14.0. The topological polar surface area (TPSA) is 22.9 Å². The number of anilines is 9. The first-order valence-electron chi connectivity index (χ1n) is 25.1. The Hall–Kier alpha value is -9.90. The zero-order valence-electron chi connectivity index (χ0n) is 40.5.